The highest BCUT2D eigenvalue weighted by Gasteiger charge is 2.22. The number of alkyl halides is 1. The molecular weight excluding hydrogens is 282 g/mol. The Hall–Kier alpha value is -1.45. The number of aliphatic hydroxyl groups is 1. The Morgan fingerprint density at radius 2 is 1.75 bits per heavy atom. The van der Waals surface area contributed by atoms with E-state index in [1.165, 1.54) is 12.1 Å². The van der Waals surface area contributed by atoms with Crippen LogP contribution in [0.15, 0.2) is 42.5 Å². The molecule has 20 heavy (non-hydrogen) atoms. The Morgan fingerprint density at radius 1 is 1.10 bits per heavy atom. The van der Waals surface area contributed by atoms with Crippen LogP contribution in [-0.2, 0) is 5.60 Å². The maximum Gasteiger partial charge on any atom is 0.133 e. The molecule has 0 aliphatic rings. The van der Waals surface area contributed by atoms with Crippen LogP contribution >= 0.6 is 11.6 Å². The summed E-state index contributed by atoms with van der Waals surface area (Å²) in [5.74, 6) is -0.861. The van der Waals surface area contributed by atoms with Gasteiger partial charge in [-0.3, -0.25) is 0 Å². The molecule has 1 unspecified atom stereocenters. The van der Waals surface area contributed by atoms with Crippen LogP contribution in [-0.4, -0.2) is 11.0 Å². The highest BCUT2D eigenvalue weighted by molar-refractivity contribution is 6.17. The molecule has 0 saturated carbocycles. The lowest BCUT2D eigenvalue weighted by Crippen LogP contribution is -2.21. The molecule has 0 heterocycles. The Balaban J connectivity index is 2.33. The van der Waals surface area contributed by atoms with Crippen LogP contribution < -0.4 is 0 Å². The third-order valence-electron chi connectivity index (χ3n) is 3.33. The highest BCUT2D eigenvalue weighted by atomic mass is 35.5. The van der Waals surface area contributed by atoms with Crippen molar-refractivity contribution in [3.8, 4) is 11.1 Å². The zero-order valence-corrected chi connectivity index (χ0v) is 11.8. The van der Waals surface area contributed by atoms with E-state index < -0.39 is 17.2 Å². The molecular formula is C16H15ClF2O. The molecule has 0 spiro atoms. The molecule has 0 aliphatic carbocycles. The Morgan fingerprint density at radius 3 is 2.30 bits per heavy atom. The van der Waals surface area contributed by atoms with Crippen molar-refractivity contribution in [3.05, 3.63) is 59.7 Å². The fraction of sp³-hybridized carbons (Fsp3) is 0.250. The quantitative estimate of drug-likeness (QED) is 0.826. The van der Waals surface area contributed by atoms with Gasteiger partial charge in [0.25, 0.3) is 0 Å². The van der Waals surface area contributed by atoms with E-state index in [9.17, 15) is 13.9 Å². The van der Waals surface area contributed by atoms with E-state index in [0.717, 1.165) is 6.07 Å². The summed E-state index contributed by atoms with van der Waals surface area (Å²) < 4.78 is 26.6. The molecule has 1 nitrogen and oxygen atoms in total. The molecule has 0 aliphatic heterocycles. The van der Waals surface area contributed by atoms with Crippen molar-refractivity contribution in [2.24, 2.45) is 0 Å². The maximum atomic E-state index is 13.7. The first-order chi connectivity index (χ1) is 9.44. The van der Waals surface area contributed by atoms with E-state index in [0.29, 0.717) is 29.0 Å². The topological polar surface area (TPSA) is 20.2 Å². The molecule has 2 aromatic rings. The van der Waals surface area contributed by atoms with Crippen LogP contribution in [0.2, 0.25) is 0 Å². The van der Waals surface area contributed by atoms with Crippen molar-refractivity contribution >= 4 is 11.6 Å². The summed E-state index contributed by atoms with van der Waals surface area (Å²) in [7, 11) is 0. The predicted octanol–water partition coefficient (Wildman–Crippen LogP) is 4.47. The second-order valence-corrected chi connectivity index (χ2v) is 5.29. The van der Waals surface area contributed by atoms with Crippen molar-refractivity contribution in [3.63, 3.8) is 0 Å². The molecule has 106 valence electrons. The first-order valence-electron chi connectivity index (χ1n) is 6.28. The standard InChI is InChI=1S/C16H15ClF2O/c1-16(20,8-9-17)12-4-2-11(3-5-12)14-7-6-13(18)10-15(14)19/h2-7,10,20H,8-9H2,1H3. The molecule has 0 amide bonds. The minimum Gasteiger partial charge on any atom is -0.385 e. The van der Waals surface area contributed by atoms with Gasteiger partial charge in [0.1, 0.15) is 11.6 Å². The van der Waals surface area contributed by atoms with Crippen molar-refractivity contribution in [2.45, 2.75) is 18.9 Å². The molecule has 0 bridgehead atoms. The van der Waals surface area contributed by atoms with Gasteiger partial charge in [0, 0.05) is 17.5 Å². The largest absolute Gasteiger partial charge is 0.385 e. The predicted molar refractivity (Wildman–Crippen MR) is 76.7 cm³/mol. The highest BCUT2D eigenvalue weighted by Crippen LogP contribution is 2.29. The van der Waals surface area contributed by atoms with Gasteiger partial charge in [-0.2, -0.15) is 0 Å². The molecule has 0 fully saturated rings. The van der Waals surface area contributed by atoms with Gasteiger partial charge in [0.15, 0.2) is 0 Å². The molecule has 2 rings (SSSR count). The average molecular weight is 297 g/mol. The number of hydrogen-bond acceptors (Lipinski definition) is 1. The van der Waals surface area contributed by atoms with Crippen molar-refractivity contribution in [1.82, 2.24) is 0 Å². The van der Waals surface area contributed by atoms with Crippen molar-refractivity contribution in [2.75, 3.05) is 5.88 Å². The molecule has 0 aromatic heterocycles. The van der Waals surface area contributed by atoms with Crippen LogP contribution in [0, 0.1) is 11.6 Å². The van der Waals surface area contributed by atoms with Crippen LogP contribution in [0.5, 0.6) is 0 Å². The van der Waals surface area contributed by atoms with Gasteiger partial charge in [-0.05, 0) is 36.6 Å². The monoisotopic (exact) mass is 296 g/mol. The van der Waals surface area contributed by atoms with Gasteiger partial charge in [-0.25, -0.2) is 8.78 Å². The molecule has 0 saturated heterocycles. The minimum atomic E-state index is -1.01. The minimum absolute atomic E-state index is 0.329. The Labute approximate surface area is 121 Å². The van der Waals surface area contributed by atoms with Gasteiger partial charge in [0.2, 0.25) is 0 Å². The van der Waals surface area contributed by atoms with E-state index in [-0.39, 0.29) is 0 Å². The number of rotatable bonds is 4. The van der Waals surface area contributed by atoms with Crippen LogP contribution in [0.3, 0.4) is 0 Å². The Kier molecular flexibility index (Phi) is 4.41. The summed E-state index contributed by atoms with van der Waals surface area (Å²) in [6.07, 6.45) is 0.429. The summed E-state index contributed by atoms with van der Waals surface area (Å²) in [6, 6.07) is 10.3. The van der Waals surface area contributed by atoms with Crippen LogP contribution in [0.1, 0.15) is 18.9 Å². The van der Waals surface area contributed by atoms with Crippen molar-refractivity contribution in [1.29, 1.82) is 0 Å². The third kappa shape index (κ3) is 3.17. The molecule has 4 heteroatoms. The summed E-state index contributed by atoms with van der Waals surface area (Å²) in [5.41, 5.74) is 0.661. The normalized spacial score (nSPS) is 14.1. The first kappa shape index (κ1) is 14.9. The van der Waals surface area contributed by atoms with E-state index in [4.69, 9.17) is 11.6 Å². The molecule has 2 aromatic carbocycles. The van der Waals surface area contributed by atoms with Crippen molar-refractivity contribution < 1.29 is 13.9 Å². The summed E-state index contributed by atoms with van der Waals surface area (Å²) >= 11 is 5.65. The lowest BCUT2D eigenvalue weighted by Gasteiger charge is -2.23. The van der Waals surface area contributed by atoms with E-state index in [1.807, 2.05) is 0 Å². The maximum absolute atomic E-state index is 13.7. The SMILES string of the molecule is CC(O)(CCCl)c1ccc(-c2ccc(F)cc2F)cc1. The second-order valence-electron chi connectivity index (χ2n) is 4.91. The molecule has 1 N–H and O–H groups in total. The number of halogens is 3. The molecule has 1 atom stereocenters. The van der Waals surface area contributed by atoms with Gasteiger partial charge in [0.05, 0.1) is 5.60 Å². The smallest absolute Gasteiger partial charge is 0.133 e. The fourth-order valence-electron chi connectivity index (χ4n) is 2.06. The molecule has 0 radical (unpaired) electrons. The van der Waals surface area contributed by atoms with E-state index in [2.05, 4.69) is 0 Å². The fourth-order valence-corrected chi connectivity index (χ4v) is 2.43. The average Bonchev–Trinajstić information content (AvgIpc) is 2.39. The lowest BCUT2D eigenvalue weighted by atomic mass is 9.91. The number of hydrogen-bond donors (Lipinski definition) is 1. The summed E-state index contributed by atoms with van der Waals surface area (Å²) in [5, 5.41) is 10.2. The van der Waals surface area contributed by atoms with Crippen LogP contribution in [0.25, 0.3) is 11.1 Å². The van der Waals surface area contributed by atoms with Crippen LogP contribution in [0.4, 0.5) is 8.78 Å². The van der Waals surface area contributed by atoms with E-state index in [1.54, 1.807) is 31.2 Å². The first-order valence-corrected chi connectivity index (χ1v) is 6.82. The Bertz CT molecular complexity index is 594. The zero-order chi connectivity index (χ0) is 14.8. The summed E-state index contributed by atoms with van der Waals surface area (Å²) in [6.45, 7) is 1.68. The lowest BCUT2D eigenvalue weighted by molar-refractivity contribution is 0.0540. The van der Waals surface area contributed by atoms with E-state index >= 15 is 0 Å². The second kappa shape index (κ2) is 5.90. The van der Waals surface area contributed by atoms with Gasteiger partial charge >= 0.3 is 0 Å². The van der Waals surface area contributed by atoms with Gasteiger partial charge in [-0.1, -0.05) is 24.3 Å². The number of benzene rings is 2. The van der Waals surface area contributed by atoms with Gasteiger partial charge in [-0.15, -0.1) is 11.6 Å². The summed E-state index contributed by atoms with van der Waals surface area (Å²) in [4.78, 5) is 0. The third-order valence-corrected chi connectivity index (χ3v) is 3.52. The van der Waals surface area contributed by atoms with Gasteiger partial charge < -0.3 is 5.11 Å². The zero-order valence-electron chi connectivity index (χ0n) is 11.0.